The number of rotatable bonds is 8. The van der Waals surface area contributed by atoms with Gasteiger partial charge in [-0.15, -0.1) is 0 Å². The van der Waals surface area contributed by atoms with Crippen molar-refractivity contribution in [1.29, 1.82) is 5.26 Å². The molecule has 1 aliphatic heterocycles. The molecule has 1 amide bonds. The van der Waals surface area contributed by atoms with Crippen LogP contribution in [-0.4, -0.2) is 59.1 Å². The summed E-state index contributed by atoms with van der Waals surface area (Å²) in [7, 11) is 0. The molecule has 1 aromatic heterocycles. The van der Waals surface area contributed by atoms with Gasteiger partial charge in [0.2, 0.25) is 0 Å². The molecule has 1 fully saturated rings. The maximum Gasteiger partial charge on any atom is 0.328 e. The van der Waals surface area contributed by atoms with Crippen molar-refractivity contribution in [3.63, 3.8) is 0 Å². The molecule has 7 nitrogen and oxygen atoms in total. The van der Waals surface area contributed by atoms with E-state index in [-0.39, 0.29) is 11.9 Å². The molecule has 1 atom stereocenters. The molecule has 1 saturated heterocycles. The fourth-order valence-electron chi connectivity index (χ4n) is 4.27. The largest absolute Gasteiger partial charge is 0.330 e. The molecule has 3 N–H and O–H groups in total. The van der Waals surface area contributed by atoms with Gasteiger partial charge in [0.05, 0.1) is 24.5 Å². The Morgan fingerprint density at radius 1 is 1.25 bits per heavy atom. The number of nitriles is 1. The first-order chi connectivity index (χ1) is 15.7. The van der Waals surface area contributed by atoms with Crippen LogP contribution >= 0.6 is 0 Å². The molecule has 2 aromatic rings. The summed E-state index contributed by atoms with van der Waals surface area (Å²) in [6, 6.07) is 9.63. The van der Waals surface area contributed by atoms with Crippen molar-refractivity contribution in [2.24, 2.45) is 0 Å². The average molecular weight is 432 g/mol. The summed E-state index contributed by atoms with van der Waals surface area (Å²) in [6.45, 7) is 4.91. The number of carbonyl (C=O) groups excluding carboxylic acids is 1. The van der Waals surface area contributed by atoms with E-state index in [4.69, 9.17) is 5.26 Å². The fourth-order valence-corrected chi connectivity index (χ4v) is 4.27. The second-order valence-electron chi connectivity index (χ2n) is 8.47. The number of imidazole rings is 1. The average Bonchev–Trinajstić information content (AvgIpc) is 3.27. The van der Waals surface area contributed by atoms with Crippen molar-refractivity contribution in [2.75, 3.05) is 32.7 Å². The van der Waals surface area contributed by atoms with E-state index in [1.165, 1.54) is 5.57 Å². The number of hydrogen-bond acceptors (Lipinski definition) is 5. The number of piperazine rings is 1. The lowest BCUT2D eigenvalue weighted by Crippen LogP contribution is -2.92. The molecule has 0 bridgehead atoms. The van der Waals surface area contributed by atoms with Crippen molar-refractivity contribution in [1.82, 2.24) is 19.8 Å². The Balaban J connectivity index is 1.24. The van der Waals surface area contributed by atoms with Gasteiger partial charge in [-0.2, -0.15) is 5.26 Å². The minimum Gasteiger partial charge on any atom is -0.330 e. The molecular weight excluding hydrogens is 400 g/mol. The number of nitrogens with two attached hydrogens (primary N) is 1. The monoisotopic (exact) mass is 431 g/mol. The Morgan fingerprint density at radius 2 is 2.12 bits per heavy atom. The van der Waals surface area contributed by atoms with Crippen molar-refractivity contribution < 1.29 is 10.1 Å². The van der Waals surface area contributed by atoms with Crippen LogP contribution < -0.4 is 10.6 Å². The molecule has 1 aromatic carbocycles. The number of quaternary nitrogens is 1. The summed E-state index contributed by atoms with van der Waals surface area (Å²) in [5.74, 6) is 0.182. The molecule has 1 aliphatic carbocycles. The first-order valence-corrected chi connectivity index (χ1v) is 11.4. The summed E-state index contributed by atoms with van der Waals surface area (Å²) in [5.41, 5.74) is 4.25. The molecule has 0 radical (unpaired) electrons. The maximum atomic E-state index is 12.8. The van der Waals surface area contributed by atoms with Crippen molar-refractivity contribution in [3.8, 4) is 6.07 Å². The Labute approximate surface area is 189 Å². The van der Waals surface area contributed by atoms with E-state index in [0.29, 0.717) is 18.7 Å². The molecule has 0 spiro atoms. The van der Waals surface area contributed by atoms with Crippen molar-refractivity contribution >= 4 is 5.91 Å². The summed E-state index contributed by atoms with van der Waals surface area (Å²) in [4.78, 5) is 19.4. The zero-order valence-electron chi connectivity index (χ0n) is 18.4. The minimum atomic E-state index is -0.125. The molecule has 32 heavy (non-hydrogen) atoms. The third-order valence-corrected chi connectivity index (χ3v) is 6.06. The highest BCUT2D eigenvalue weighted by atomic mass is 16.2. The first kappa shape index (κ1) is 22.2. The summed E-state index contributed by atoms with van der Waals surface area (Å²) in [6.07, 6.45) is 13.5. The van der Waals surface area contributed by atoms with E-state index in [9.17, 15) is 4.79 Å². The van der Waals surface area contributed by atoms with Gasteiger partial charge in [0, 0.05) is 51.0 Å². The van der Waals surface area contributed by atoms with Crippen molar-refractivity contribution in [2.45, 2.75) is 31.8 Å². The minimum absolute atomic E-state index is 0.125. The van der Waals surface area contributed by atoms with E-state index in [2.05, 4.69) is 44.1 Å². The number of carbonyl (C=O) groups is 1. The zero-order valence-corrected chi connectivity index (χ0v) is 18.4. The third-order valence-electron chi connectivity index (χ3n) is 6.06. The number of benzene rings is 1. The smallest absolute Gasteiger partial charge is 0.328 e. The number of aromatic nitrogens is 2. The predicted octanol–water partition coefficient (Wildman–Crippen LogP) is 0.986. The Kier molecular flexibility index (Phi) is 7.62. The van der Waals surface area contributed by atoms with Crippen LogP contribution in [0.1, 0.15) is 29.7 Å². The number of primary amides is 1. The second kappa shape index (κ2) is 11.0. The van der Waals surface area contributed by atoms with Crippen LogP contribution in [0.5, 0.6) is 0 Å². The molecule has 1 unspecified atom stereocenters. The quantitative estimate of drug-likeness (QED) is 0.651. The summed E-state index contributed by atoms with van der Waals surface area (Å²) < 4.78 is 2.10. The lowest BCUT2D eigenvalue weighted by Gasteiger charge is -2.32. The van der Waals surface area contributed by atoms with E-state index in [1.54, 1.807) is 0 Å². The highest BCUT2D eigenvalue weighted by Gasteiger charge is 2.28. The molecule has 166 valence electrons. The fraction of sp³-hybridized carbons (Fsp3) is 0.400. The Hall–Kier alpha value is -3.05. The Morgan fingerprint density at radius 3 is 2.91 bits per heavy atom. The normalized spacial score (nSPS) is 18.8. The maximum absolute atomic E-state index is 12.8. The van der Waals surface area contributed by atoms with Crippen molar-refractivity contribution in [3.05, 3.63) is 77.4 Å². The molecule has 2 aliphatic rings. The van der Waals surface area contributed by atoms with Gasteiger partial charge in [-0.3, -0.25) is 10.2 Å². The van der Waals surface area contributed by atoms with Crippen LogP contribution in [-0.2, 0) is 17.8 Å². The predicted molar refractivity (Wildman–Crippen MR) is 123 cm³/mol. The first-order valence-electron chi connectivity index (χ1n) is 11.4. The molecule has 2 heterocycles. The van der Waals surface area contributed by atoms with Crippen LogP contribution in [0.3, 0.4) is 0 Å². The topological polar surface area (TPSA) is 90.6 Å². The molecular formula is C25H31N6O+. The van der Waals surface area contributed by atoms with Crippen LogP contribution in [0.15, 0.2) is 60.6 Å². The lowest BCUT2D eigenvalue weighted by atomic mass is 10.1. The molecule has 4 rings (SSSR count). The van der Waals surface area contributed by atoms with Gasteiger partial charge in [0.25, 0.3) is 0 Å². The van der Waals surface area contributed by atoms with Crippen LogP contribution in [0.4, 0.5) is 0 Å². The van der Waals surface area contributed by atoms with Gasteiger partial charge < -0.3 is 9.88 Å². The Bertz CT molecular complexity index is 1010. The number of allylic oxidation sites excluding steroid dienone is 2. The number of hydrogen-bond donors (Lipinski definition) is 2. The summed E-state index contributed by atoms with van der Waals surface area (Å²) >= 11 is 0. The second-order valence-corrected chi connectivity index (χ2v) is 8.47. The standard InChI is InChI=1S/C25H30N6O/c26-14-20-6-8-22(9-7-20)17-31-19-27-15-23(31)10-11-29-25(32)24-18-30(13-12-28-24)16-21-4-2-1-3-5-21/h2,4-9,15,19,24,28H,1,3,10-13,16-18H2,(H,29,32)/p+1. The zero-order chi connectivity index (χ0) is 22.2. The van der Waals surface area contributed by atoms with Crippen LogP contribution in [0.2, 0.25) is 0 Å². The van der Waals surface area contributed by atoms with Gasteiger partial charge in [0.15, 0.2) is 0 Å². The van der Waals surface area contributed by atoms with E-state index in [1.807, 2.05) is 42.1 Å². The van der Waals surface area contributed by atoms with Gasteiger partial charge in [-0.25, -0.2) is 9.78 Å². The number of nitrogens with zero attached hydrogens (tertiary/aromatic N) is 4. The molecule has 7 heteroatoms. The van der Waals surface area contributed by atoms with Gasteiger partial charge in [-0.05, 0) is 36.1 Å². The highest BCUT2D eigenvalue weighted by molar-refractivity contribution is 5.72. The van der Waals surface area contributed by atoms with Gasteiger partial charge in [0.1, 0.15) is 6.04 Å². The highest BCUT2D eigenvalue weighted by Crippen LogP contribution is 2.12. The third kappa shape index (κ3) is 6.01. The van der Waals surface area contributed by atoms with Gasteiger partial charge in [-0.1, -0.05) is 30.4 Å². The number of nitrogens with one attached hydrogen (secondary N) is 1. The van der Waals surface area contributed by atoms with E-state index < -0.39 is 0 Å². The van der Waals surface area contributed by atoms with E-state index in [0.717, 1.165) is 56.7 Å². The van der Waals surface area contributed by atoms with Gasteiger partial charge >= 0.3 is 5.91 Å². The lowest BCUT2D eigenvalue weighted by molar-refractivity contribution is -0.569. The SMILES string of the molecule is N#Cc1ccc(Cn2cncc2CC[NH2+]C(=O)C2CN(CC3=CCCC=C3)CCN2)cc1. The van der Waals surface area contributed by atoms with Crippen LogP contribution in [0.25, 0.3) is 0 Å². The molecule has 0 saturated carbocycles. The van der Waals surface area contributed by atoms with Crippen LogP contribution in [0, 0.1) is 11.3 Å². The summed E-state index contributed by atoms with van der Waals surface area (Å²) in [5, 5.41) is 14.2. The van der Waals surface area contributed by atoms with E-state index >= 15 is 0 Å². The number of amides is 1.